The molecule has 8 heteroatoms. The van der Waals surface area contributed by atoms with Gasteiger partial charge < -0.3 is 4.74 Å². The first-order valence-corrected chi connectivity index (χ1v) is 9.55. The lowest BCUT2D eigenvalue weighted by Gasteiger charge is -2.08. The van der Waals surface area contributed by atoms with E-state index in [9.17, 15) is 13.2 Å². The van der Waals surface area contributed by atoms with E-state index in [1.165, 1.54) is 29.5 Å². The zero-order valence-corrected chi connectivity index (χ0v) is 14.9. The molecule has 0 radical (unpaired) electrons. The molecule has 2 N–H and O–H groups in total. The summed E-state index contributed by atoms with van der Waals surface area (Å²) in [6.07, 6.45) is 2.92. The fourth-order valence-corrected chi connectivity index (χ4v) is 3.47. The van der Waals surface area contributed by atoms with Gasteiger partial charge in [0.2, 0.25) is 0 Å². The molecule has 1 aromatic heterocycles. The van der Waals surface area contributed by atoms with E-state index in [0.29, 0.717) is 12.4 Å². The van der Waals surface area contributed by atoms with Crippen LogP contribution in [0.15, 0.2) is 46.7 Å². The Labute approximate surface area is 145 Å². The predicted molar refractivity (Wildman–Crippen MR) is 94.2 cm³/mol. The van der Waals surface area contributed by atoms with Crippen LogP contribution in [0, 0.1) is 6.92 Å². The lowest BCUT2D eigenvalue weighted by Crippen LogP contribution is -2.40. The Hall–Kier alpha value is -2.16. The second-order valence-electron chi connectivity index (χ2n) is 4.80. The van der Waals surface area contributed by atoms with Crippen LogP contribution in [0.25, 0.3) is 6.08 Å². The van der Waals surface area contributed by atoms with Gasteiger partial charge in [-0.3, -0.25) is 10.2 Å². The maximum atomic E-state index is 12.1. The van der Waals surface area contributed by atoms with Gasteiger partial charge in [0.05, 0.1) is 11.5 Å². The molecule has 1 aromatic carbocycles. The van der Waals surface area contributed by atoms with Gasteiger partial charge in [0, 0.05) is 11.0 Å². The number of benzene rings is 1. The van der Waals surface area contributed by atoms with Crippen molar-refractivity contribution in [3.63, 3.8) is 0 Å². The third-order valence-electron chi connectivity index (χ3n) is 3.04. The van der Waals surface area contributed by atoms with Crippen LogP contribution in [0.1, 0.15) is 17.4 Å². The van der Waals surface area contributed by atoms with Crippen LogP contribution >= 0.6 is 11.3 Å². The highest BCUT2D eigenvalue weighted by Gasteiger charge is 2.14. The van der Waals surface area contributed by atoms with Crippen LogP contribution in [0.2, 0.25) is 0 Å². The fourth-order valence-electron chi connectivity index (χ4n) is 1.81. The zero-order valence-electron chi connectivity index (χ0n) is 13.3. The van der Waals surface area contributed by atoms with E-state index in [2.05, 4.69) is 10.3 Å². The van der Waals surface area contributed by atoms with Gasteiger partial charge in [-0.05, 0) is 61.2 Å². The van der Waals surface area contributed by atoms with E-state index in [1.54, 1.807) is 18.2 Å². The number of sulfonamides is 1. The summed E-state index contributed by atoms with van der Waals surface area (Å²) in [6, 6.07) is 7.87. The molecule has 0 atom stereocenters. The van der Waals surface area contributed by atoms with Gasteiger partial charge in [-0.15, -0.1) is 16.2 Å². The summed E-state index contributed by atoms with van der Waals surface area (Å²) in [5, 5.41) is 1.92. The number of amides is 1. The molecule has 0 spiro atoms. The lowest BCUT2D eigenvalue weighted by atomic mass is 10.3. The van der Waals surface area contributed by atoms with Gasteiger partial charge in [0.15, 0.2) is 0 Å². The van der Waals surface area contributed by atoms with Crippen LogP contribution in [0.4, 0.5) is 0 Å². The molecular weight excluding hydrogens is 348 g/mol. The van der Waals surface area contributed by atoms with Gasteiger partial charge in [-0.1, -0.05) is 0 Å². The van der Waals surface area contributed by atoms with Gasteiger partial charge in [0.25, 0.3) is 15.9 Å². The van der Waals surface area contributed by atoms with Crippen LogP contribution < -0.4 is 15.0 Å². The Morgan fingerprint density at radius 3 is 2.54 bits per heavy atom. The normalized spacial score (nSPS) is 11.6. The van der Waals surface area contributed by atoms with Crippen molar-refractivity contribution < 1.29 is 17.9 Å². The molecule has 0 aliphatic heterocycles. The molecule has 0 saturated carbocycles. The van der Waals surface area contributed by atoms with Gasteiger partial charge in [-0.2, -0.15) is 0 Å². The smallest absolute Gasteiger partial charge is 0.258 e. The van der Waals surface area contributed by atoms with Crippen molar-refractivity contribution in [2.45, 2.75) is 18.7 Å². The van der Waals surface area contributed by atoms with E-state index < -0.39 is 15.9 Å². The molecule has 0 aliphatic carbocycles. The van der Waals surface area contributed by atoms with Crippen LogP contribution in [-0.4, -0.2) is 20.9 Å². The van der Waals surface area contributed by atoms with Gasteiger partial charge >= 0.3 is 0 Å². The summed E-state index contributed by atoms with van der Waals surface area (Å²) in [5.74, 6) is 0.0204. The first kappa shape index (κ1) is 18.2. The Bertz CT molecular complexity index is 824. The van der Waals surface area contributed by atoms with Crippen molar-refractivity contribution in [3.8, 4) is 5.75 Å². The Kier molecular flexibility index (Phi) is 6.13. The SMILES string of the molecule is CCOc1ccc(S(=O)(=O)NNC(=O)/C=C/c2sccc2C)cc1. The number of nitrogens with one attached hydrogen (secondary N) is 2. The minimum absolute atomic E-state index is 0.0318. The van der Waals surface area contributed by atoms with Crippen LogP contribution in [0.5, 0.6) is 5.75 Å². The highest BCUT2D eigenvalue weighted by molar-refractivity contribution is 7.89. The second-order valence-corrected chi connectivity index (χ2v) is 7.43. The number of hydrazine groups is 1. The van der Waals surface area contributed by atoms with Crippen molar-refractivity contribution in [2.24, 2.45) is 0 Å². The summed E-state index contributed by atoms with van der Waals surface area (Å²) in [6.45, 7) is 4.27. The molecule has 1 amide bonds. The van der Waals surface area contributed by atoms with Crippen LogP contribution in [0.3, 0.4) is 0 Å². The monoisotopic (exact) mass is 366 g/mol. The Morgan fingerprint density at radius 1 is 1.25 bits per heavy atom. The number of ether oxygens (including phenoxy) is 1. The summed E-state index contributed by atoms with van der Waals surface area (Å²) >= 11 is 1.50. The lowest BCUT2D eigenvalue weighted by molar-refractivity contribution is -0.116. The molecule has 0 unspecified atom stereocenters. The Balaban J connectivity index is 1.95. The number of rotatable bonds is 7. The third-order valence-corrected chi connectivity index (χ3v) is 5.29. The fraction of sp³-hybridized carbons (Fsp3) is 0.188. The van der Waals surface area contributed by atoms with Crippen LogP contribution in [-0.2, 0) is 14.8 Å². The quantitative estimate of drug-likeness (QED) is 0.582. The van der Waals surface area contributed by atoms with E-state index in [4.69, 9.17) is 4.74 Å². The molecule has 0 aliphatic rings. The van der Waals surface area contributed by atoms with Crippen molar-refractivity contribution >= 4 is 33.3 Å². The van der Waals surface area contributed by atoms with Gasteiger partial charge in [0.1, 0.15) is 5.75 Å². The molecule has 1 heterocycles. The van der Waals surface area contributed by atoms with Crippen molar-refractivity contribution in [3.05, 3.63) is 52.2 Å². The molecule has 6 nitrogen and oxygen atoms in total. The average molecular weight is 366 g/mol. The minimum atomic E-state index is -3.84. The molecular formula is C16H18N2O4S2. The third kappa shape index (κ3) is 4.92. The van der Waals surface area contributed by atoms with Gasteiger partial charge in [-0.25, -0.2) is 8.42 Å². The summed E-state index contributed by atoms with van der Waals surface area (Å²) in [4.78, 5) is 14.8. The number of carbonyl (C=O) groups is 1. The molecule has 128 valence electrons. The van der Waals surface area contributed by atoms with Crippen molar-refractivity contribution in [1.29, 1.82) is 0 Å². The predicted octanol–water partition coefficient (Wildman–Crippen LogP) is 2.48. The number of aryl methyl sites for hydroxylation is 1. The standard InChI is InChI=1S/C16H18N2O4S2/c1-3-22-13-4-6-14(7-5-13)24(20,21)18-17-16(19)9-8-15-12(2)10-11-23-15/h4-11,18H,3H2,1-2H3,(H,17,19)/b9-8+. The zero-order chi connectivity index (χ0) is 17.6. The average Bonchev–Trinajstić information content (AvgIpc) is 2.97. The number of hydrogen-bond donors (Lipinski definition) is 2. The summed E-state index contributed by atoms with van der Waals surface area (Å²) in [7, 11) is -3.84. The van der Waals surface area contributed by atoms with Crippen molar-refractivity contribution in [1.82, 2.24) is 10.3 Å². The maximum absolute atomic E-state index is 12.1. The number of hydrogen-bond acceptors (Lipinski definition) is 5. The number of thiophene rings is 1. The van der Waals surface area contributed by atoms with E-state index in [-0.39, 0.29) is 4.90 Å². The minimum Gasteiger partial charge on any atom is -0.494 e. The highest BCUT2D eigenvalue weighted by atomic mass is 32.2. The van der Waals surface area contributed by atoms with E-state index in [1.807, 2.05) is 25.3 Å². The largest absolute Gasteiger partial charge is 0.494 e. The first-order valence-electron chi connectivity index (χ1n) is 7.19. The van der Waals surface area contributed by atoms with E-state index >= 15 is 0 Å². The van der Waals surface area contributed by atoms with E-state index in [0.717, 1.165) is 10.4 Å². The summed E-state index contributed by atoms with van der Waals surface area (Å²) in [5.41, 5.74) is 3.21. The molecule has 0 saturated heterocycles. The second kappa shape index (κ2) is 8.09. The molecule has 24 heavy (non-hydrogen) atoms. The first-order chi connectivity index (χ1) is 11.4. The number of carbonyl (C=O) groups excluding carboxylic acids is 1. The maximum Gasteiger partial charge on any atom is 0.258 e. The van der Waals surface area contributed by atoms with Crippen molar-refractivity contribution in [2.75, 3.05) is 6.61 Å². The molecule has 0 bridgehead atoms. The topological polar surface area (TPSA) is 84.5 Å². The molecule has 2 rings (SSSR count). The molecule has 2 aromatic rings. The summed E-state index contributed by atoms with van der Waals surface area (Å²) < 4.78 is 29.5. The molecule has 0 fully saturated rings. The highest BCUT2D eigenvalue weighted by Crippen LogP contribution is 2.17. The Morgan fingerprint density at radius 2 is 1.96 bits per heavy atom.